The van der Waals surface area contributed by atoms with E-state index in [1.807, 2.05) is 39.0 Å². The van der Waals surface area contributed by atoms with E-state index in [-0.39, 0.29) is 20.8 Å². The Hall–Kier alpha value is -3.57. The highest BCUT2D eigenvalue weighted by molar-refractivity contribution is 7.91. The molecular formula is C31H32O4S. The van der Waals surface area contributed by atoms with Crippen LogP contribution in [0.3, 0.4) is 0 Å². The first-order chi connectivity index (χ1) is 16.9. The van der Waals surface area contributed by atoms with Crippen molar-refractivity contribution in [3.05, 3.63) is 114 Å². The van der Waals surface area contributed by atoms with E-state index in [0.717, 1.165) is 0 Å². The quantitative estimate of drug-likeness (QED) is 0.260. The van der Waals surface area contributed by atoms with E-state index in [2.05, 4.69) is 50.2 Å². The Kier molecular flexibility index (Phi) is 6.96. The molecule has 0 atom stereocenters. The van der Waals surface area contributed by atoms with Crippen molar-refractivity contribution in [2.24, 2.45) is 0 Å². The summed E-state index contributed by atoms with van der Waals surface area (Å²) in [5, 5.41) is 0. The van der Waals surface area contributed by atoms with Crippen molar-refractivity contribution >= 4 is 9.84 Å². The molecule has 36 heavy (non-hydrogen) atoms. The molecule has 0 saturated heterocycles. The molecular weight excluding hydrogens is 468 g/mol. The van der Waals surface area contributed by atoms with Gasteiger partial charge >= 0.3 is 0 Å². The van der Waals surface area contributed by atoms with Crippen molar-refractivity contribution in [2.75, 3.05) is 0 Å². The first-order valence-corrected chi connectivity index (χ1v) is 13.4. The van der Waals surface area contributed by atoms with Gasteiger partial charge in [-0.15, -0.1) is 0 Å². The van der Waals surface area contributed by atoms with Crippen LogP contribution in [0.1, 0.15) is 45.7 Å². The van der Waals surface area contributed by atoms with E-state index in [1.165, 1.54) is 11.1 Å². The molecule has 4 aromatic carbocycles. The Bertz CT molecular complexity index is 1400. The molecule has 0 radical (unpaired) electrons. The fourth-order valence-corrected chi connectivity index (χ4v) is 5.22. The standard InChI is InChI=1S/C31H32O4S/c1-30(2,3)35-27-17-21-29(22-18-27)36(32,33)28-19-15-26(16-20-28)34-25-13-11-24(12-14-25)31(4,5)23-9-7-6-8-10-23/h6-22H,1-5H3. The smallest absolute Gasteiger partial charge is 0.206 e. The predicted molar refractivity (Wildman–Crippen MR) is 144 cm³/mol. The number of hydrogen-bond donors (Lipinski definition) is 0. The van der Waals surface area contributed by atoms with Crippen LogP contribution in [0.4, 0.5) is 0 Å². The molecule has 0 aromatic heterocycles. The molecule has 0 spiro atoms. The lowest BCUT2D eigenvalue weighted by atomic mass is 9.78. The number of benzene rings is 4. The summed E-state index contributed by atoms with van der Waals surface area (Å²) in [6, 6.07) is 31.4. The second-order valence-corrected chi connectivity index (χ2v) is 12.2. The van der Waals surface area contributed by atoms with E-state index in [4.69, 9.17) is 9.47 Å². The molecule has 0 unspecified atom stereocenters. The zero-order valence-corrected chi connectivity index (χ0v) is 22.2. The van der Waals surface area contributed by atoms with Crippen molar-refractivity contribution < 1.29 is 17.9 Å². The van der Waals surface area contributed by atoms with Crippen molar-refractivity contribution in [2.45, 2.75) is 55.4 Å². The third-order valence-electron chi connectivity index (χ3n) is 6.00. The van der Waals surface area contributed by atoms with Crippen molar-refractivity contribution in [1.29, 1.82) is 0 Å². The summed E-state index contributed by atoms with van der Waals surface area (Å²) in [5.41, 5.74) is 1.94. The third-order valence-corrected chi connectivity index (χ3v) is 7.78. The summed E-state index contributed by atoms with van der Waals surface area (Å²) in [6.45, 7) is 10.2. The highest BCUT2D eigenvalue weighted by atomic mass is 32.2. The number of ether oxygens (including phenoxy) is 2. The van der Waals surface area contributed by atoms with E-state index in [1.54, 1.807) is 48.5 Å². The fraction of sp³-hybridized carbons (Fsp3) is 0.226. The summed E-state index contributed by atoms with van der Waals surface area (Å²) < 4.78 is 37.9. The van der Waals surface area contributed by atoms with Gasteiger partial charge < -0.3 is 9.47 Å². The molecule has 4 aromatic rings. The first kappa shape index (κ1) is 25.5. The average molecular weight is 501 g/mol. The summed E-state index contributed by atoms with van der Waals surface area (Å²) in [4.78, 5) is 0.424. The molecule has 5 heteroatoms. The van der Waals surface area contributed by atoms with E-state index in [9.17, 15) is 8.42 Å². The van der Waals surface area contributed by atoms with Crippen LogP contribution in [0.25, 0.3) is 0 Å². The van der Waals surface area contributed by atoms with Gasteiger partial charge in [-0.05, 0) is 92.6 Å². The van der Waals surface area contributed by atoms with Crippen LogP contribution in [-0.2, 0) is 15.3 Å². The van der Waals surface area contributed by atoms with Crippen molar-refractivity contribution in [3.63, 3.8) is 0 Å². The Labute approximate surface area is 214 Å². The van der Waals surface area contributed by atoms with Gasteiger partial charge in [-0.1, -0.05) is 56.3 Å². The highest BCUT2D eigenvalue weighted by Gasteiger charge is 2.23. The van der Waals surface area contributed by atoms with Gasteiger partial charge in [0.1, 0.15) is 22.8 Å². The topological polar surface area (TPSA) is 52.6 Å². The van der Waals surface area contributed by atoms with Crippen LogP contribution in [0.5, 0.6) is 17.2 Å². The molecule has 0 N–H and O–H groups in total. The summed E-state index contributed by atoms with van der Waals surface area (Å²) in [5.74, 6) is 1.88. The molecule has 0 bridgehead atoms. The summed E-state index contributed by atoms with van der Waals surface area (Å²) in [7, 11) is -3.65. The van der Waals surface area contributed by atoms with Crippen molar-refractivity contribution in [1.82, 2.24) is 0 Å². The number of hydrogen-bond acceptors (Lipinski definition) is 4. The van der Waals surface area contributed by atoms with E-state index < -0.39 is 9.84 Å². The number of sulfone groups is 1. The molecule has 0 fully saturated rings. The highest BCUT2D eigenvalue weighted by Crippen LogP contribution is 2.33. The monoisotopic (exact) mass is 500 g/mol. The van der Waals surface area contributed by atoms with Gasteiger partial charge in [0.15, 0.2) is 0 Å². The largest absolute Gasteiger partial charge is 0.488 e. The molecule has 186 valence electrons. The van der Waals surface area contributed by atoms with Gasteiger partial charge in [-0.2, -0.15) is 0 Å². The van der Waals surface area contributed by atoms with Crippen LogP contribution in [0.2, 0.25) is 0 Å². The maximum absolute atomic E-state index is 13.1. The third kappa shape index (κ3) is 5.80. The fourth-order valence-electron chi connectivity index (χ4n) is 3.96. The van der Waals surface area contributed by atoms with Gasteiger partial charge in [0.25, 0.3) is 0 Å². The van der Waals surface area contributed by atoms with Crippen LogP contribution in [0, 0.1) is 0 Å². The average Bonchev–Trinajstić information content (AvgIpc) is 2.85. The normalized spacial score (nSPS) is 12.2. The minimum atomic E-state index is -3.65. The van der Waals surface area contributed by atoms with Gasteiger partial charge in [-0.25, -0.2) is 8.42 Å². The number of rotatable bonds is 7. The molecule has 0 saturated carbocycles. The van der Waals surface area contributed by atoms with Crippen molar-refractivity contribution in [3.8, 4) is 17.2 Å². The zero-order chi connectivity index (χ0) is 26.0. The van der Waals surface area contributed by atoms with Crippen LogP contribution in [-0.4, -0.2) is 14.0 Å². The lowest BCUT2D eigenvalue weighted by Crippen LogP contribution is -2.22. The maximum Gasteiger partial charge on any atom is 0.206 e. The van der Waals surface area contributed by atoms with Crippen LogP contribution in [0.15, 0.2) is 113 Å². The predicted octanol–water partition coefficient (Wildman–Crippen LogP) is 7.81. The Morgan fingerprint density at radius 1 is 0.528 bits per heavy atom. The second-order valence-electron chi connectivity index (χ2n) is 10.3. The van der Waals surface area contributed by atoms with E-state index in [0.29, 0.717) is 17.2 Å². The minimum Gasteiger partial charge on any atom is -0.488 e. The van der Waals surface area contributed by atoms with Crippen LogP contribution < -0.4 is 9.47 Å². The molecule has 4 rings (SSSR count). The van der Waals surface area contributed by atoms with Crippen LogP contribution >= 0.6 is 0 Å². The molecule has 0 aliphatic rings. The second kappa shape index (κ2) is 9.82. The Morgan fingerprint density at radius 2 is 0.944 bits per heavy atom. The lowest BCUT2D eigenvalue weighted by Gasteiger charge is -2.26. The zero-order valence-electron chi connectivity index (χ0n) is 21.4. The van der Waals surface area contributed by atoms with E-state index >= 15 is 0 Å². The molecule has 0 aliphatic heterocycles. The van der Waals surface area contributed by atoms with Gasteiger partial charge in [-0.3, -0.25) is 0 Å². The SMILES string of the molecule is CC(C)(C)Oc1ccc(S(=O)(=O)c2ccc(Oc3ccc(C(C)(C)c4ccccc4)cc3)cc2)cc1. The summed E-state index contributed by atoms with van der Waals surface area (Å²) in [6.07, 6.45) is 0. The Balaban J connectivity index is 1.46. The minimum absolute atomic E-state index is 0.132. The molecule has 0 aliphatic carbocycles. The maximum atomic E-state index is 13.1. The molecule has 4 nitrogen and oxygen atoms in total. The first-order valence-electron chi connectivity index (χ1n) is 11.9. The molecule has 0 heterocycles. The van der Waals surface area contributed by atoms with Gasteiger partial charge in [0.2, 0.25) is 9.84 Å². The molecule has 0 amide bonds. The van der Waals surface area contributed by atoms with Gasteiger partial charge in [0.05, 0.1) is 9.79 Å². The lowest BCUT2D eigenvalue weighted by molar-refractivity contribution is 0.131. The van der Waals surface area contributed by atoms with Gasteiger partial charge in [0, 0.05) is 5.41 Å². The Morgan fingerprint density at radius 3 is 1.42 bits per heavy atom. The summed E-state index contributed by atoms with van der Waals surface area (Å²) >= 11 is 0.